The van der Waals surface area contributed by atoms with E-state index in [1.54, 1.807) is 23.1 Å². The van der Waals surface area contributed by atoms with Crippen molar-refractivity contribution in [2.24, 2.45) is 0 Å². The zero-order valence-electron chi connectivity index (χ0n) is 27.1. The first-order chi connectivity index (χ1) is 23.9. The number of rotatable bonds is 15. The van der Waals surface area contributed by atoms with Gasteiger partial charge in [0, 0.05) is 37.1 Å². The minimum atomic E-state index is -0.803. The molecule has 0 aliphatic carbocycles. The van der Waals surface area contributed by atoms with Gasteiger partial charge in [-0.2, -0.15) is 0 Å². The van der Waals surface area contributed by atoms with E-state index in [0.717, 1.165) is 55.4 Å². The number of para-hydroxylation sites is 1. The summed E-state index contributed by atoms with van der Waals surface area (Å²) in [5.41, 5.74) is 6.87. The number of hydrogen-bond acceptors (Lipinski definition) is 8. The van der Waals surface area contributed by atoms with Crippen LogP contribution >= 0.6 is 23.1 Å². The van der Waals surface area contributed by atoms with Crippen LogP contribution < -0.4 is 5.32 Å². The van der Waals surface area contributed by atoms with Crippen LogP contribution in [-0.2, 0) is 32.2 Å². The molecule has 0 unspecified atom stereocenters. The van der Waals surface area contributed by atoms with Crippen molar-refractivity contribution in [1.82, 2.24) is 10.3 Å². The van der Waals surface area contributed by atoms with Gasteiger partial charge in [0.2, 0.25) is 5.91 Å². The predicted molar refractivity (Wildman–Crippen MR) is 193 cm³/mol. The van der Waals surface area contributed by atoms with E-state index in [4.69, 9.17) is 19.6 Å². The van der Waals surface area contributed by atoms with Crippen LogP contribution in [0.2, 0.25) is 0 Å². The van der Waals surface area contributed by atoms with Crippen molar-refractivity contribution in [2.75, 3.05) is 5.75 Å². The highest BCUT2D eigenvalue weighted by Crippen LogP contribution is 2.41. The first-order valence-electron chi connectivity index (χ1n) is 16.6. The van der Waals surface area contributed by atoms with E-state index >= 15 is 0 Å². The summed E-state index contributed by atoms with van der Waals surface area (Å²) < 4.78 is 15.4. The van der Waals surface area contributed by atoms with E-state index in [9.17, 15) is 14.7 Å². The Morgan fingerprint density at radius 3 is 2.41 bits per heavy atom. The third kappa shape index (κ3) is 9.77. The number of aliphatic carboxylic acids is 1. The smallest absolute Gasteiger partial charge is 0.303 e. The number of benzene rings is 4. The Labute approximate surface area is 294 Å². The number of thioether (sulfide) groups is 1. The number of aliphatic hydroxyl groups excluding tert-OH is 1. The van der Waals surface area contributed by atoms with Crippen LogP contribution in [0.3, 0.4) is 0 Å². The number of aromatic nitrogens is 1. The van der Waals surface area contributed by atoms with E-state index < -0.39 is 12.3 Å². The first-order valence-corrected chi connectivity index (χ1v) is 18.4. The van der Waals surface area contributed by atoms with Gasteiger partial charge in [0.05, 0.1) is 29.0 Å². The topological polar surface area (TPSA) is 118 Å². The Kier molecular flexibility index (Phi) is 12.1. The summed E-state index contributed by atoms with van der Waals surface area (Å²) in [6.45, 7) is 0.413. The number of thiazole rings is 1. The molecule has 1 saturated heterocycles. The fourth-order valence-corrected chi connectivity index (χ4v) is 7.97. The van der Waals surface area contributed by atoms with Gasteiger partial charge in [-0.25, -0.2) is 4.98 Å². The number of fused-ring (bicyclic) bond motifs is 1. The van der Waals surface area contributed by atoms with Crippen molar-refractivity contribution in [3.8, 4) is 11.1 Å². The van der Waals surface area contributed by atoms with Crippen LogP contribution in [0, 0.1) is 0 Å². The number of nitrogens with one attached hydrogen (secondary N) is 1. The van der Waals surface area contributed by atoms with Crippen molar-refractivity contribution in [1.29, 1.82) is 0 Å². The molecule has 1 aliphatic heterocycles. The molecular weight excluding hydrogens is 657 g/mol. The molecule has 3 N–H and O–H groups in total. The molecule has 1 aliphatic rings. The van der Waals surface area contributed by atoms with Gasteiger partial charge < -0.3 is 25.0 Å². The van der Waals surface area contributed by atoms with Gasteiger partial charge in [0.1, 0.15) is 0 Å². The molecule has 6 rings (SSSR count). The SMILES string of the molecule is O=C(O)CCCCCC(=O)NCc1cccc(-c2cccc([C@@H]3O[C@H](CSc4nc5ccccc5s4)C[C@H](c4ccc(CO)cc4)O3)c2)c1. The molecule has 1 amide bonds. The summed E-state index contributed by atoms with van der Waals surface area (Å²) in [5.74, 6) is -0.102. The van der Waals surface area contributed by atoms with Crippen molar-refractivity contribution in [3.05, 3.63) is 119 Å². The van der Waals surface area contributed by atoms with Gasteiger partial charge in [0.25, 0.3) is 0 Å². The monoisotopic (exact) mass is 696 g/mol. The van der Waals surface area contributed by atoms with Crippen molar-refractivity contribution < 1.29 is 29.3 Å². The number of carbonyl (C=O) groups is 2. The predicted octanol–water partition coefficient (Wildman–Crippen LogP) is 8.44. The lowest BCUT2D eigenvalue weighted by Crippen LogP contribution is -2.31. The molecule has 0 spiro atoms. The number of carbonyl (C=O) groups excluding carboxylic acids is 1. The summed E-state index contributed by atoms with van der Waals surface area (Å²) in [5, 5.41) is 21.3. The molecule has 0 radical (unpaired) electrons. The molecule has 0 bridgehead atoms. The number of amides is 1. The summed E-state index contributed by atoms with van der Waals surface area (Å²) in [6.07, 6.45) is 2.37. The lowest BCUT2D eigenvalue weighted by molar-refractivity contribution is -0.245. The number of aliphatic hydroxyl groups is 1. The molecule has 4 aromatic carbocycles. The van der Waals surface area contributed by atoms with Crippen LogP contribution in [0.25, 0.3) is 21.3 Å². The lowest BCUT2D eigenvalue weighted by atomic mass is 9.99. The second-order valence-electron chi connectivity index (χ2n) is 12.2. The molecule has 8 nitrogen and oxygen atoms in total. The number of nitrogens with zero attached hydrogens (tertiary/aromatic N) is 1. The first kappa shape index (κ1) is 34.8. The van der Waals surface area contributed by atoms with E-state index in [0.29, 0.717) is 32.2 Å². The quantitative estimate of drug-likeness (QED) is 0.0738. The standard InChI is InChI=1S/C39H40N2O6S2/c42-24-26-16-18-28(19-17-26)34-22-32(25-48-39-41-33-12-4-5-13-35(33)49-39)46-38(47-34)31-11-7-10-30(21-31)29-9-6-8-27(20-29)23-40-36(43)14-2-1-3-15-37(44)45/h4-13,16-21,32,34,38,42H,1-3,14-15,22-25H2,(H,40,43)(H,44,45)/t32-,34+,38+/m0/s1. The Morgan fingerprint density at radius 1 is 0.837 bits per heavy atom. The Hall–Kier alpha value is -4.06. The third-order valence-corrected chi connectivity index (χ3v) is 10.8. The van der Waals surface area contributed by atoms with E-state index in [1.165, 1.54) is 4.70 Å². The van der Waals surface area contributed by atoms with Gasteiger partial charge in [-0.05, 0) is 64.9 Å². The maximum absolute atomic E-state index is 12.4. The van der Waals surface area contributed by atoms with Crippen LogP contribution in [-0.4, -0.2) is 38.9 Å². The fourth-order valence-electron chi connectivity index (χ4n) is 5.85. The highest BCUT2D eigenvalue weighted by Gasteiger charge is 2.32. The number of hydrogen-bond donors (Lipinski definition) is 3. The number of carboxylic acids is 1. The number of unbranched alkanes of at least 4 members (excludes halogenated alkanes) is 2. The molecule has 3 atom stereocenters. The number of ether oxygens (including phenoxy) is 2. The summed E-state index contributed by atoms with van der Waals surface area (Å²) in [7, 11) is 0. The molecule has 254 valence electrons. The molecule has 49 heavy (non-hydrogen) atoms. The number of carboxylic acid groups (broad SMARTS) is 1. The van der Waals surface area contributed by atoms with Gasteiger partial charge in [-0.15, -0.1) is 11.3 Å². The molecule has 10 heteroatoms. The summed E-state index contributed by atoms with van der Waals surface area (Å²) >= 11 is 3.41. The van der Waals surface area contributed by atoms with E-state index in [2.05, 4.69) is 35.6 Å². The minimum absolute atomic E-state index is 0.00445. The highest BCUT2D eigenvalue weighted by atomic mass is 32.2. The third-order valence-electron chi connectivity index (χ3n) is 8.49. The second-order valence-corrected chi connectivity index (χ2v) is 14.5. The Balaban J connectivity index is 1.13. The highest BCUT2D eigenvalue weighted by molar-refractivity contribution is 8.01. The molecule has 2 heterocycles. The maximum atomic E-state index is 12.4. The Bertz CT molecular complexity index is 1830. The van der Waals surface area contributed by atoms with Gasteiger partial charge in [-0.3, -0.25) is 9.59 Å². The average Bonchev–Trinajstić information content (AvgIpc) is 3.56. The summed E-state index contributed by atoms with van der Waals surface area (Å²) in [4.78, 5) is 27.8. The average molecular weight is 697 g/mol. The maximum Gasteiger partial charge on any atom is 0.303 e. The van der Waals surface area contributed by atoms with E-state index in [-0.39, 0.29) is 31.1 Å². The zero-order chi connectivity index (χ0) is 34.0. The minimum Gasteiger partial charge on any atom is -0.481 e. The van der Waals surface area contributed by atoms with E-state index in [1.807, 2.05) is 66.7 Å². The second kappa shape index (κ2) is 17.0. The van der Waals surface area contributed by atoms with Gasteiger partial charge >= 0.3 is 5.97 Å². The van der Waals surface area contributed by atoms with Gasteiger partial charge in [-0.1, -0.05) is 91.0 Å². The summed E-state index contributed by atoms with van der Waals surface area (Å²) in [6, 6.07) is 32.4. The normalized spacial score (nSPS) is 17.6. The molecule has 5 aromatic rings. The molecular formula is C39H40N2O6S2. The molecule has 1 aromatic heterocycles. The van der Waals surface area contributed by atoms with Crippen molar-refractivity contribution >= 4 is 45.2 Å². The molecule has 0 saturated carbocycles. The lowest BCUT2D eigenvalue weighted by Gasteiger charge is -2.36. The van der Waals surface area contributed by atoms with Crippen molar-refractivity contribution in [3.63, 3.8) is 0 Å². The fraction of sp³-hybridized carbons (Fsp3) is 0.308. The van der Waals surface area contributed by atoms with Crippen LogP contribution in [0.5, 0.6) is 0 Å². The largest absolute Gasteiger partial charge is 0.481 e. The zero-order valence-corrected chi connectivity index (χ0v) is 28.8. The van der Waals surface area contributed by atoms with Crippen LogP contribution in [0.15, 0.2) is 101 Å². The van der Waals surface area contributed by atoms with Crippen LogP contribution in [0.4, 0.5) is 0 Å². The Morgan fingerprint density at radius 2 is 1.61 bits per heavy atom. The molecule has 1 fully saturated rings. The van der Waals surface area contributed by atoms with Crippen LogP contribution in [0.1, 0.15) is 73.2 Å². The van der Waals surface area contributed by atoms with Gasteiger partial charge in [0.15, 0.2) is 10.6 Å². The van der Waals surface area contributed by atoms with Crippen molar-refractivity contribution in [2.45, 2.75) is 74.5 Å².